The molecule has 6 nitrogen and oxygen atoms in total. The van der Waals surface area contributed by atoms with Crippen LogP contribution in [0.3, 0.4) is 0 Å². The first-order chi connectivity index (χ1) is 9.11. The normalized spacial score (nSPS) is 28.2. The van der Waals surface area contributed by atoms with E-state index in [9.17, 15) is 14.7 Å². The molecule has 0 bridgehead atoms. The Morgan fingerprint density at radius 3 is 2.58 bits per heavy atom. The summed E-state index contributed by atoms with van der Waals surface area (Å²) < 4.78 is 4.68. The highest BCUT2D eigenvalue weighted by molar-refractivity contribution is 5.84. The highest BCUT2D eigenvalue weighted by Gasteiger charge is 2.40. The predicted octanol–water partition coefficient (Wildman–Crippen LogP) is 0.637. The number of carbonyl (C=O) groups is 2. The van der Waals surface area contributed by atoms with E-state index in [0.717, 1.165) is 25.7 Å². The molecule has 1 heterocycles. The number of aliphatic hydroxyl groups excluding tert-OH is 1. The number of methoxy groups -OCH3 is 1. The molecular formula is C13H22N2O4. The van der Waals surface area contributed by atoms with Gasteiger partial charge in [-0.3, -0.25) is 0 Å². The molecular weight excluding hydrogens is 248 g/mol. The number of nitrogens with zero attached hydrogens (tertiary/aromatic N) is 1. The van der Waals surface area contributed by atoms with Crippen molar-refractivity contribution in [3.63, 3.8) is 0 Å². The molecule has 1 aliphatic carbocycles. The minimum Gasteiger partial charge on any atom is -0.467 e. The second kappa shape index (κ2) is 6.23. The number of nitrogens with one attached hydrogen (secondary N) is 1. The lowest BCUT2D eigenvalue weighted by molar-refractivity contribution is -0.145. The fourth-order valence-corrected chi connectivity index (χ4v) is 2.90. The third-order valence-electron chi connectivity index (χ3n) is 3.95. The second-order valence-corrected chi connectivity index (χ2v) is 5.37. The number of ether oxygens (including phenoxy) is 1. The first kappa shape index (κ1) is 14.1. The fourth-order valence-electron chi connectivity index (χ4n) is 2.90. The highest BCUT2D eigenvalue weighted by atomic mass is 16.5. The largest absolute Gasteiger partial charge is 0.467 e. The van der Waals surface area contributed by atoms with Gasteiger partial charge in [0.15, 0.2) is 0 Å². The van der Waals surface area contributed by atoms with Crippen LogP contribution < -0.4 is 5.32 Å². The monoisotopic (exact) mass is 270 g/mol. The predicted molar refractivity (Wildman–Crippen MR) is 68.5 cm³/mol. The summed E-state index contributed by atoms with van der Waals surface area (Å²) in [7, 11) is 1.30. The van der Waals surface area contributed by atoms with E-state index in [1.54, 1.807) is 0 Å². The molecule has 2 rings (SSSR count). The Morgan fingerprint density at radius 2 is 1.95 bits per heavy atom. The molecule has 2 aliphatic rings. The van der Waals surface area contributed by atoms with Crippen molar-refractivity contribution in [1.82, 2.24) is 10.2 Å². The molecule has 0 radical (unpaired) electrons. The fraction of sp³-hybridized carbons (Fsp3) is 0.846. The first-order valence-corrected chi connectivity index (χ1v) is 6.95. The molecule has 2 amide bonds. The molecule has 1 aliphatic heterocycles. The highest BCUT2D eigenvalue weighted by Crippen LogP contribution is 2.21. The molecule has 2 atom stereocenters. The number of amides is 2. The van der Waals surface area contributed by atoms with Gasteiger partial charge in [-0.2, -0.15) is 0 Å². The number of rotatable bonds is 2. The molecule has 2 fully saturated rings. The van der Waals surface area contributed by atoms with Crippen LogP contribution in [0, 0.1) is 0 Å². The quantitative estimate of drug-likeness (QED) is 0.722. The standard InChI is InChI=1S/C13H22N2O4/c1-19-12(17)11-7-10(16)8-15(11)13(18)14-9-5-3-2-4-6-9/h9-11,16H,2-8H2,1H3,(H,14,18)/t10-,11+/m0/s1. The topological polar surface area (TPSA) is 78.9 Å². The number of aliphatic hydroxyl groups is 1. The minimum atomic E-state index is -0.663. The Hall–Kier alpha value is -1.30. The van der Waals surface area contributed by atoms with Crippen LogP contribution in [0.15, 0.2) is 0 Å². The van der Waals surface area contributed by atoms with Crippen LogP contribution in [0.1, 0.15) is 38.5 Å². The summed E-state index contributed by atoms with van der Waals surface area (Å²) in [6.45, 7) is 0.193. The number of carbonyl (C=O) groups excluding carboxylic acids is 2. The van der Waals surface area contributed by atoms with Gasteiger partial charge in [0.25, 0.3) is 0 Å². The average molecular weight is 270 g/mol. The first-order valence-electron chi connectivity index (χ1n) is 6.95. The Labute approximate surface area is 113 Å². The van der Waals surface area contributed by atoms with Crippen molar-refractivity contribution < 1.29 is 19.4 Å². The van der Waals surface area contributed by atoms with Crippen LogP contribution >= 0.6 is 0 Å². The van der Waals surface area contributed by atoms with Gasteiger partial charge in [-0.1, -0.05) is 19.3 Å². The maximum Gasteiger partial charge on any atom is 0.328 e. The van der Waals surface area contributed by atoms with Crippen molar-refractivity contribution in [2.75, 3.05) is 13.7 Å². The minimum absolute atomic E-state index is 0.192. The average Bonchev–Trinajstić information content (AvgIpc) is 2.81. The molecule has 2 N–H and O–H groups in total. The third-order valence-corrected chi connectivity index (χ3v) is 3.95. The number of β-amino-alcohol motifs (C(OH)–C–C–N with tert-alkyl or cyclic N) is 1. The lowest BCUT2D eigenvalue weighted by Gasteiger charge is -2.28. The third kappa shape index (κ3) is 3.37. The number of hydrogen-bond donors (Lipinski definition) is 2. The van der Waals surface area contributed by atoms with E-state index < -0.39 is 18.1 Å². The molecule has 6 heteroatoms. The zero-order chi connectivity index (χ0) is 13.8. The molecule has 1 saturated carbocycles. The van der Waals surface area contributed by atoms with E-state index in [4.69, 9.17) is 0 Å². The zero-order valence-electron chi connectivity index (χ0n) is 11.3. The van der Waals surface area contributed by atoms with Gasteiger partial charge in [0, 0.05) is 19.0 Å². The van der Waals surface area contributed by atoms with E-state index in [-0.39, 0.29) is 25.0 Å². The number of urea groups is 1. The van der Waals surface area contributed by atoms with E-state index in [2.05, 4.69) is 10.1 Å². The number of likely N-dealkylation sites (tertiary alicyclic amines) is 1. The van der Waals surface area contributed by atoms with Gasteiger partial charge in [-0.25, -0.2) is 9.59 Å². The molecule has 0 spiro atoms. The van der Waals surface area contributed by atoms with E-state index >= 15 is 0 Å². The molecule has 0 aromatic carbocycles. The lowest BCUT2D eigenvalue weighted by Crippen LogP contribution is -2.49. The van der Waals surface area contributed by atoms with Crippen molar-refractivity contribution in [2.45, 2.75) is 56.7 Å². The van der Waals surface area contributed by atoms with Crippen molar-refractivity contribution in [2.24, 2.45) is 0 Å². The van der Waals surface area contributed by atoms with Gasteiger partial charge < -0.3 is 20.1 Å². The van der Waals surface area contributed by atoms with Crippen molar-refractivity contribution in [1.29, 1.82) is 0 Å². The van der Waals surface area contributed by atoms with Crippen LogP contribution in [0.4, 0.5) is 4.79 Å². The Morgan fingerprint density at radius 1 is 1.26 bits per heavy atom. The van der Waals surface area contributed by atoms with Gasteiger partial charge in [0.2, 0.25) is 0 Å². The molecule has 1 saturated heterocycles. The molecule has 108 valence electrons. The van der Waals surface area contributed by atoms with Crippen LogP contribution in [0.2, 0.25) is 0 Å². The zero-order valence-corrected chi connectivity index (χ0v) is 11.3. The van der Waals surface area contributed by atoms with Gasteiger partial charge >= 0.3 is 12.0 Å². The van der Waals surface area contributed by atoms with Gasteiger partial charge in [-0.15, -0.1) is 0 Å². The van der Waals surface area contributed by atoms with Crippen LogP contribution in [0.5, 0.6) is 0 Å². The summed E-state index contributed by atoms with van der Waals surface area (Å²) in [5.74, 6) is -0.463. The summed E-state index contributed by atoms with van der Waals surface area (Å²) in [5, 5.41) is 12.6. The van der Waals surface area contributed by atoms with Crippen molar-refractivity contribution in [3.8, 4) is 0 Å². The summed E-state index contributed by atoms with van der Waals surface area (Å²) in [6.07, 6.45) is 5.07. The smallest absolute Gasteiger partial charge is 0.328 e. The van der Waals surface area contributed by atoms with Gasteiger partial charge in [0.1, 0.15) is 6.04 Å². The number of hydrogen-bond acceptors (Lipinski definition) is 4. The van der Waals surface area contributed by atoms with E-state index in [1.807, 2.05) is 0 Å². The summed E-state index contributed by atoms with van der Waals surface area (Å²) in [4.78, 5) is 25.2. The van der Waals surface area contributed by atoms with Crippen LogP contribution in [0.25, 0.3) is 0 Å². The molecule has 0 aromatic rings. The summed E-state index contributed by atoms with van der Waals surface area (Å²) >= 11 is 0. The Bertz CT molecular complexity index is 342. The van der Waals surface area contributed by atoms with E-state index in [0.29, 0.717) is 0 Å². The van der Waals surface area contributed by atoms with Gasteiger partial charge in [0.05, 0.1) is 13.2 Å². The SMILES string of the molecule is COC(=O)[C@H]1C[C@H](O)CN1C(=O)NC1CCCCC1. The maximum absolute atomic E-state index is 12.2. The molecule has 19 heavy (non-hydrogen) atoms. The van der Waals surface area contributed by atoms with E-state index in [1.165, 1.54) is 18.4 Å². The Kier molecular flexibility index (Phi) is 4.63. The van der Waals surface area contributed by atoms with Gasteiger partial charge in [-0.05, 0) is 12.8 Å². The maximum atomic E-state index is 12.2. The number of esters is 1. The van der Waals surface area contributed by atoms with Crippen molar-refractivity contribution >= 4 is 12.0 Å². The summed E-state index contributed by atoms with van der Waals surface area (Å²) in [5.41, 5.74) is 0. The van der Waals surface area contributed by atoms with Crippen LogP contribution in [-0.2, 0) is 9.53 Å². The van der Waals surface area contributed by atoms with Crippen LogP contribution in [-0.4, -0.2) is 53.8 Å². The Balaban J connectivity index is 1.94. The lowest BCUT2D eigenvalue weighted by atomic mass is 9.96. The second-order valence-electron chi connectivity index (χ2n) is 5.37. The molecule has 0 unspecified atom stereocenters. The van der Waals surface area contributed by atoms with Crippen molar-refractivity contribution in [3.05, 3.63) is 0 Å². The molecule has 0 aromatic heterocycles. The summed E-state index contributed by atoms with van der Waals surface area (Å²) in [6, 6.07) is -0.736.